The molecule has 0 fully saturated rings. The molecule has 3 heteroatoms. The number of hydrogen-bond donors (Lipinski definition) is 1. The first-order valence-corrected chi connectivity index (χ1v) is 4.89. The predicted octanol–water partition coefficient (Wildman–Crippen LogP) is 2.51. The molecule has 0 spiro atoms. The van der Waals surface area contributed by atoms with E-state index in [1.165, 1.54) is 0 Å². The fourth-order valence-corrected chi connectivity index (χ4v) is 1.32. The summed E-state index contributed by atoms with van der Waals surface area (Å²) >= 11 is 0. The van der Waals surface area contributed by atoms with Gasteiger partial charge in [0, 0.05) is 0 Å². The highest BCUT2D eigenvalue weighted by Crippen LogP contribution is 2.12. The lowest BCUT2D eigenvalue weighted by Crippen LogP contribution is -2.14. The number of nitrogens with one attached hydrogen (secondary N) is 1. The van der Waals surface area contributed by atoms with Crippen molar-refractivity contribution in [1.82, 2.24) is 5.32 Å². The van der Waals surface area contributed by atoms with Crippen LogP contribution in [-0.2, 0) is 6.42 Å². The van der Waals surface area contributed by atoms with Crippen LogP contribution >= 0.6 is 0 Å². The van der Waals surface area contributed by atoms with Gasteiger partial charge < -0.3 is 5.32 Å². The molecule has 0 atom stereocenters. The number of halogens is 2. The van der Waals surface area contributed by atoms with Crippen molar-refractivity contribution in [3.8, 4) is 0 Å². The zero-order valence-corrected chi connectivity index (χ0v) is 8.32. The molecule has 0 aliphatic rings. The summed E-state index contributed by atoms with van der Waals surface area (Å²) in [4.78, 5) is 0. The highest BCUT2D eigenvalue weighted by molar-refractivity contribution is 5.18. The minimum atomic E-state index is -0.758. The number of aryl methyl sites for hydroxylation is 1. The fourth-order valence-electron chi connectivity index (χ4n) is 1.32. The minimum absolute atomic E-state index is 0.461. The normalized spacial score (nSPS) is 10.5. The van der Waals surface area contributed by atoms with E-state index in [0.29, 0.717) is 12.0 Å². The van der Waals surface area contributed by atoms with Gasteiger partial charge in [-0.3, -0.25) is 0 Å². The maximum absolute atomic E-state index is 13.1. The quantitative estimate of drug-likeness (QED) is 0.718. The van der Waals surface area contributed by atoms with Crippen LogP contribution in [0.1, 0.15) is 18.9 Å². The van der Waals surface area contributed by atoms with Crippen LogP contribution in [0.4, 0.5) is 8.78 Å². The van der Waals surface area contributed by atoms with Crippen LogP contribution in [0.2, 0.25) is 0 Å². The summed E-state index contributed by atoms with van der Waals surface area (Å²) in [6, 6.07) is 4.31. The Kier molecular flexibility index (Phi) is 4.53. The van der Waals surface area contributed by atoms with Crippen molar-refractivity contribution in [2.45, 2.75) is 19.8 Å². The molecule has 0 saturated heterocycles. The molecule has 0 amide bonds. The van der Waals surface area contributed by atoms with Crippen molar-refractivity contribution in [3.05, 3.63) is 35.4 Å². The van der Waals surface area contributed by atoms with E-state index in [4.69, 9.17) is 0 Å². The van der Waals surface area contributed by atoms with Gasteiger partial charge in [0.1, 0.15) is 0 Å². The van der Waals surface area contributed by atoms with Crippen LogP contribution < -0.4 is 5.32 Å². The predicted molar refractivity (Wildman–Crippen MR) is 53.2 cm³/mol. The van der Waals surface area contributed by atoms with Gasteiger partial charge in [0.25, 0.3) is 0 Å². The Hall–Kier alpha value is -0.960. The summed E-state index contributed by atoms with van der Waals surface area (Å²) in [6.07, 6.45) is 1.41. The Morgan fingerprint density at radius 1 is 1.29 bits per heavy atom. The molecule has 0 radical (unpaired) electrons. The largest absolute Gasteiger partial charge is 0.317 e. The van der Waals surface area contributed by atoms with Gasteiger partial charge in [-0.25, -0.2) is 8.78 Å². The maximum atomic E-state index is 13.1. The Balaban J connectivity index is 2.46. The van der Waals surface area contributed by atoms with E-state index in [-0.39, 0.29) is 0 Å². The van der Waals surface area contributed by atoms with Crippen LogP contribution in [0.5, 0.6) is 0 Å². The highest BCUT2D eigenvalue weighted by Gasteiger charge is 2.06. The smallest absolute Gasteiger partial charge is 0.162 e. The minimum Gasteiger partial charge on any atom is -0.317 e. The van der Waals surface area contributed by atoms with E-state index >= 15 is 0 Å². The molecule has 0 saturated carbocycles. The van der Waals surface area contributed by atoms with Crippen molar-refractivity contribution in [2.24, 2.45) is 0 Å². The standard InChI is InChI=1S/C11H15F2N/c1-2-14-8-4-6-9-5-3-7-10(12)11(9)13/h3,5,7,14H,2,4,6,8H2,1H3. The van der Waals surface area contributed by atoms with Crippen LogP contribution in [-0.4, -0.2) is 13.1 Å². The molecule has 0 aliphatic heterocycles. The molecule has 0 unspecified atom stereocenters. The van der Waals surface area contributed by atoms with Crippen LogP contribution in [0.3, 0.4) is 0 Å². The van der Waals surface area contributed by atoms with Crippen molar-refractivity contribution >= 4 is 0 Å². The maximum Gasteiger partial charge on any atom is 0.162 e. The first-order valence-electron chi connectivity index (χ1n) is 4.89. The second-order valence-electron chi connectivity index (χ2n) is 3.17. The molecule has 78 valence electrons. The van der Waals surface area contributed by atoms with Crippen LogP contribution in [0, 0.1) is 11.6 Å². The van der Waals surface area contributed by atoms with E-state index in [1.54, 1.807) is 12.1 Å². The molecule has 1 aromatic rings. The average Bonchev–Trinajstić information content (AvgIpc) is 2.19. The molecule has 0 aromatic heterocycles. The number of benzene rings is 1. The zero-order valence-electron chi connectivity index (χ0n) is 8.32. The monoisotopic (exact) mass is 199 g/mol. The van der Waals surface area contributed by atoms with Gasteiger partial charge in [-0.1, -0.05) is 19.1 Å². The third kappa shape index (κ3) is 3.07. The van der Waals surface area contributed by atoms with E-state index in [2.05, 4.69) is 5.32 Å². The Bertz CT molecular complexity index is 287. The molecule has 1 N–H and O–H groups in total. The summed E-state index contributed by atoms with van der Waals surface area (Å²) in [5, 5.41) is 3.14. The molecule has 0 bridgehead atoms. The first kappa shape index (κ1) is 11.1. The van der Waals surface area contributed by atoms with Crippen molar-refractivity contribution in [3.63, 3.8) is 0 Å². The lowest BCUT2D eigenvalue weighted by Gasteiger charge is -2.04. The van der Waals surface area contributed by atoms with E-state index < -0.39 is 11.6 Å². The lowest BCUT2D eigenvalue weighted by atomic mass is 10.1. The molecule has 14 heavy (non-hydrogen) atoms. The molecule has 1 nitrogen and oxygen atoms in total. The van der Waals surface area contributed by atoms with Crippen molar-refractivity contribution in [2.75, 3.05) is 13.1 Å². The number of rotatable bonds is 5. The highest BCUT2D eigenvalue weighted by atomic mass is 19.2. The summed E-state index contributed by atoms with van der Waals surface area (Å²) in [7, 11) is 0. The van der Waals surface area contributed by atoms with Gasteiger partial charge in [0.05, 0.1) is 0 Å². The summed E-state index contributed by atoms with van der Waals surface area (Å²) in [5.41, 5.74) is 0.461. The van der Waals surface area contributed by atoms with Gasteiger partial charge in [0.15, 0.2) is 11.6 Å². The third-order valence-corrected chi connectivity index (χ3v) is 2.08. The zero-order chi connectivity index (χ0) is 10.4. The van der Waals surface area contributed by atoms with E-state index in [9.17, 15) is 8.78 Å². The Labute approximate surface area is 83.1 Å². The topological polar surface area (TPSA) is 12.0 Å². The third-order valence-electron chi connectivity index (χ3n) is 2.08. The van der Waals surface area contributed by atoms with Gasteiger partial charge in [-0.15, -0.1) is 0 Å². The number of hydrogen-bond acceptors (Lipinski definition) is 1. The van der Waals surface area contributed by atoms with Gasteiger partial charge >= 0.3 is 0 Å². The molecule has 0 aliphatic carbocycles. The van der Waals surface area contributed by atoms with E-state index in [0.717, 1.165) is 25.6 Å². The van der Waals surface area contributed by atoms with Gasteiger partial charge in [0.2, 0.25) is 0 Å². The molecule has 0 heterocycles. The van der Waals surface area contributed by atoms with Crippen LogP contribution in [0.25, 0.3) is 0 Å². The summed E-state index contributed by atoms with van der Waals surface area (Å²) in [6.45, 7) is 3.76. The molecule has 1 rings (SSSR count). The van der Waals surface area contributed by atoms with Gasteiger partial charge in [-0.05, 0) is 37.6 Å². The Morgan fingerprint density at radius 2 is 2.07 bits per heavy atom. The SMILES string of the molecule is CCNCCCc1cccc(F)c1F. The second-order valence-corrected chi connectivity index (χ2v) is 3.17. The molecular formula is C11H15F2N. The van der Waals surface area contributed by atoms with Crippen molar-refractivity contribution < 1.29 is 8.78 Å². The summed E-state index contributed by atoms with van der Waals surface area (Å²) < 4.78 is 25.9. The average molecular weight is 199 g/mol. The summed E-state index contributed by atoms with van der Waals surface area (Å²) in [5.74, 6) is -1.46. The first-order chi connectivity index (χ1) is 6.75. The van der Waals surface area contributed by atoms with Gasteiger partial charge in [-0.2, -0.15) is 0 Å². The van der Waals surface area contributed by atoms with Crippen molar-refractivity contribution in [1.29, 1.82) is 0 Å². The van der Waals surface area contributed by atoms with Crippen LogP contribution in [0.15, 0.2) is 18.2 Å². The fraction of sp³-hybridized carbons (Fsp3) is 0.455. The Morgan fingerprint density at radius 3 is 2.79 bits per heavy atom. The van der Waals surface area contributed by atoms with E-state index in [1.807, 2.05) is 6.92 Å². The second kappa shape index (κ2) is 5.70. The lowest BCUT2D eigenvalue weighted by molar-refractivity contribution is 0.496. The molecular weight excluding hydrogens is 184 g/mol. The molecule has 1 aromatic carbocycles.